The summed E-state index contributed by atoms with van der Waals surface area (Å²) in [6.07, 6.45) is 3.12. The van der Waals surface area contributed by atoms with Crippen LogP contribution < -0.4 is 10.5 Å². The van der Waals surface area contributed by atoms with E-state index in [-0.39, 0.29) is 23.3 Å². The lowest BCUT2D eigenvalue weighted by Crippen LogP contribution is -2.39. The first-order chi connectivity index (χ1) is 14.9. The Labute approximate surface area is 180 Å². The monoisotopic (exact) mass is 442 g/mol. The van der Waals surface area contributed by atoms with E-state index >= 15 is 0 Å². The normalized spacial score (nSPS) is 17.4. The van der Waals surface area contributed by atoms with Gasteiger partial charge in [0.2, 0.25) is 16.0 Å². The topological polar surface area (TPSA) is 98.4 Å². The van der Waals surface area contributed by atoms with Crippen molar-refractivity contribution in [3.05, 3.63) is 66.2 Å². The van der Waals surface area contributed by atoms with Gasteiger partial charge in [0.05, 0.1) is 17.7 Å². The van der Waals surface area contributed by atoms with E-state index in [1.165, 1.54) is 16.4 Å². The Morgan fingerprint density at radius 3 is 2.52 bits per heavy atom. The molecule has 1 aliphatic rings. The van der Waals surface area contributed by atoms with Crippen LogP contribution in [0.1, 0.15) is 24.5 Å². The second kappa shape index (κ2) is 8.60. The van der Waals surface area contributed by atoms with Gasteiger partial charge in [-0.3, -0.25) is 0 Å². The van der Waals surface area contributed by atoms with Crippen molar-refractivity contribution in [1.82, 2.24) is 14.3 Å². The third kappa shape index (κ3) is 4.38. The molecule has 4 rings (SSSR count). The van der Waals surface area contributed by atoms with E-state index in [4.69, 9.17) is 10.5 Å². The number of sulfonamides is 1. The molecule has 1 saturated heterocycles. The van der Waals surface area contributed by atoms with Crippen LogP contribution in [0.5, 0.6) is 5.75 Å². The van der Waals surface area contributed by atoms with Crippen LogP contribution in [0.2, 0.25) is 0 Å². The van der Waals surface area contributed by atoms with Gasteiger partial charge in [0, 0.05) is 30.8 Å². The number of halogens is 1. The number of aromatic nitrogens is 2. The quantitative estimate of drug-likeness (QED) is 0.650. The second-order valence-corrected chi connectivity index (χ2v) is 9.35. The lowest BCUT2D eigenvalue weighted by atomic mass is 9.91. The maximum atomic E-state index is 13.2. The zero-order valence-electron chi connectivity index (χ0n) is 17.0. The molecule has 0 bridgehead atoms. The SMILES string of the molecule is COc1ccc(-c2cnc(N)nc2C2CCCN(S(=O)(=O)c3ccc(F)cc3)C2)cc1. The fraction of sp³-hybridized carbons (Fsp3) is 0.273. The Morgan fingerprint density at radius 1 is 1.13 bits per heavy atom. The van der Waals surface area contributed by atoms with Crippen LogP contribution in [0.4, 0.5) is 10.3 Å². The van der Waals surface area contributed by atoms with Gasteiger partial charge in [-0.25, -0.2) is 22.8 Å². The summed E-state index contributed by atoms with van der Waals surface area (Å²) in [6.45, 7) is 0.661. The number of rotatable bonds is 5. The number of nitrogens with zero attached hydrogens (tertiary/aromatic N) is 3. The Morgan fingerprint density at radius 2 is 1.84 bits per heavy atom. The second-order valence-electron chi connectivity index (χ2n) is 7.41. The van der Waals surface area contributed by atoms with E-state index in [2.05, 4.69) is 9.97 Å². The number of piperidine rings is 1. The number of benzene rings is 2. The van der Waals surface area contributed by atoms with Crippen LogP contribution in [0.3, 0.4) is 0 Å². The molecule has 0 amide bonds. The van der Waals surface area contributed by atoms with Gasteiger partial charge in [0.15, 0.2) is 0 Å². The minimum atomic E-state index is -3.74. The summed E-state index contributed by atoms with van der Waals surface area (Å²) in [7, 11) is -2.14. The van der Waals surface area contributed by atoms with Crippen LogP contribution in [0.25, 0.3) is 11.1 Å². The number of nitrogens with two attached hydrogens (primary N) is 1. The highest BCUT2D eigenvalue weighted by molar-refractivity contribution is 7.89. The summed E-state index contributed by atoms with van der Waals surface area (Å²) in [4.78, 5) is 8.70. The van der Waals surface area contributed by atoms with Crippen LogP contribution >= 0.6 is 0 Å². The number of ether oxygens (including phenoxy) is 1. The molecular weight excluding hydrogens is 419 g/mol. The molecule has 3 aromatic rings. The summed E-state index contributed by atoms with van der Waals surface area (Å²) in [5.74, 6) is 0.254. The molecule has 0 saturated carbocycles. The fourth-order valence-corrected chi connectivity index (χ4v) is 5.38. The standard InChI is InChI=1S/C22H23FN4O3S/c1-30-18-8-4-15(5-9-18)20-13-25-22(24)26-21(20)16-3-2-12-27(14-16)31(28,29)19-10-6-17(23)7-11-19/h4-11,13,16H,2-3,12,14H2,1H3,(H2,24,25,26). The molecule has 2 N–H and O–H groups in total. The Bertz CT molecular complexity index is 1170. The largest absolute Gasteiger partial charge is 0.497 e. The van der Waals surface area contributed by atoms with Gasteiger partial charge in [0.1, 0.15) is 11.6 Å². The van der Waals surface area contributed by atoms with E-state index in [0.717, 1.165) is 41.1 Å². The number of hydrogen-bond acceptors (Lipinski definition) is 6. The lowest BCUT2D eigenvalue weighted by molar-refractivity contribution is 0.313. The number of methoxy groups -OCH3 is 1. The van der Waals surface area contributed by atoms with E-state index in [1.807, 2.05) is 24.3 Å². The molecule has 2 aromatic carbocycles. The zero-order chi connectivity index (χ0) is 22.0. The van der Waals surface area contributed by atoms with E-state index in [9.17, 15) is 12.8 Å². The molecule has 1 unspecified atom stereocenters. The molecule has 9 heteroatoms. The first-order valence-electron chi connectivity index (χ1n) is 9.91. The summed E-state index contributed by atoms with van der Waals surface area (Å²) in [5.41, 5.74) is 8.30. The van der Waals surface area contributed by atoms with Crippen LogP contribution in [-0.4, -0.2) is 42.9 Å². The number of anilines is 1. The lowest BCUT2D eigenvalue weighted by Gasteiger charge is -2.32. The van der Waals surface area contributed by atoms with Gasteiger partial charge < -0.3 is 10.5 Å². The predicted molar refractivity (Wildman–Crippen MR) is 116 cm³/mol. The highest BCUT2D eigenvalue weighted by Gasteiger charge is 2.32. The molecule has 1 atom stereocenters. The first-order valence-corrected chi connectivity index (χ1v) is 11.3. The van der Waals surface area contributed by atoms with Gasteiger partial charge in [0.25, 0.3) is 0 Å². The molecule has 1 aromatic heterocycles. The molecule has 0 aliphatic carbocycles. The Kier molecular flexibility index (Phi) is 5.88. The van der Waals surface area contributed by atoms with Crippen molar-refractivity contribution in [3.8, 4) is 16.9 Å². The maximum Gasteiger partial charge on any atom is 0.243 e. The third-order valence-corrected chi connectivity index (χ3v) is 7.34. The van der Waals surface area contributed by atoms with Crippen molar-refractivity contribution in [3.63, 3.8) is 0 Å². The summed E-state index contributed by atoms with van der Waals surface area (Å²) >= 11 is 0. The predicted octanol–water partition coefficient (Wildman–Crippen LogP) is 3.44. The molecule has 31 heavy (non-hydrogen) atoms. The van der Waals surface area contributed by atoms with Gasteiger partial charge in [-0.05, 0) is 54.8 Å². The Balaban J connectivity index is 1.66. The van der Waals surface area contributed by atoms with Crippen molar-refractivity contribution in [2.75, 3.05) is 25.9 Å². The summed E-state index contributed by atoms with van der Waals surface area (Å²) in [5, 5.41) is 0. The fourth-order valence-electron chi connectivity index (χ4n) is 3.85. The van der Waals surface area contributed by atoms with Gasteiger partial charge in [-0.2, -0.15) is 4.31 Å². The van der Waals surface area contributed by atoms with Crippen molar-refractivity contribution in [2.24, 2.45) is 0 Å². The van der Waals surface area contributed by atoms with Crippen molar-refractivity contribution >= 4 is 16.0 Å². The molecule has 162 valence electrons. The van der Waals surface area contributed by atoms with E-state index < -0.39 is 15.8 Å². The molecule has 7 nitrogen and oxygen atoms in total. The van der Waals surface area contributed by atoms with Gasteiger partial charge >= 0.3 is 0 Å². The number of nitrogen functional groups attached to an aromatic ring is 1. The number of hydrogen-bond donors (Lipinski definition) is 1. The van der Waals surface area contributed by atoms with Crippen LogP contribution in [0.15, 0.2) is 59.6 Å². The van der Waals surface area contributed by atoms with Crippen molar-refractivity contribution < 1.29 is 17.5 Å². The zero-order valence-corrected chi connectivity index (χ0v) is 17.8. The average Bonchev–Trinajstić information content (AvgIpc) is 2.79. The average molecular weight is 443 g/mol. The molecule has 2 heterocycles. The van der Waals surface area contributed by atoms with E-state index in [0.29, 0.717) is 13.0 Å². The molecule has 1 fully saturated rings. The maximum absolute atomic E-state index is 13.2. The third-order valence-electron chi connectivity index (χ3n) is 5.46. The molecule has 0 radical (unpaired) electrons. The smallest absolute Gasteiger partial charge is 0.243 e. The minimum absolute atomic E-state index is 0.0760. The highest BCUT2D eigenvalue weighted by Crippen LogP contribution is 2.35. The van der Waals surface area contributed by atoms with Crippen LogP contribution in [-0.2, 0) is 10.0 Å². The van der Waals surface area contributed by atoms with E-state index in [1.54, 1.807) is 13.3 Å². The highest BCUT2D eigenvalue weighted by atomic mass is 32.2. The molecule has 0 spiro atoms. The van der Waals surface area contributed by atoms with Crippen LogP contribution in [0, 0.1) is 5.82 Å². The van der Waals surface area contributed by atoms with Gasteiger partial charge in [-0.1, -0.05) is 12.1 Å². The molecule has 1 aliphatic heterocycles. The minimum Gasteiger partial charge on any atom is -0.497 e. The van der Waals surface area contributed by atoms with Gasteiger partial charge in [-0.15, -0.1) is 0 Å². The van der Waals surface area contributed by atoms with Crippen molar-refractivity contribution in [2.45, 2.75) is 23.7 Å². The Hall–Kier alpha value is -3.04. The molecular formula is C22H23FN4O3S. The summed E-state index contributed by atoms with van der Waals surface area (Å²) < 4.78 is 46.1. The van der Waals surface area contributed by atoms with Crippen molar-refractivity contribution in [1.29, 1.82) is 0 Å². The summed E-state index contributed by atoms with van der Waals surface area (Å²) in [6, 6.07) is 12.4. The first kappa shape index (κ1) is 21.2.